The van der Waals surface area contributed by atoms with Gasteiger partial charge < -0.3 is 18.9 Å². The SMILES string of the molecule is CC(=O)OCCN(CCOC(C)=O)CCC(=O)OC1CCCO1. The molecule has 1 unspecified atom stereocenters. The van der Waals surface area contributed by atoms with Crippen molar-refractivity contribution in [3.05, 3.63) is 0 Å². The lowest BCUT2D eigenvalue weighted by molar-refractivity contribution is -0.170. The van der Waals surface area contributed by atoms with Crippen LogP contribution in [0.15, 0.2) is 0 Å². The van der Waals surface area contributed by atoms with Gasteiger partial charge in [-0.2, -0.15) is 0 Å². The summed E-state index contributed by atoms with van der Waals surface area (Å²) in [5.41, 5.74) is 0. The fourth-order valence-electron chi connectivity index (χ4n) is 2.07. The molecule has 1 fully saturated rings. The predicted molar refractivity (Wildman–Crippen MR) is 79.4 cm³/mol. The summed E-state index contributed by atoms with van der Waals surface area (Å²) in [7, 11) is 0. The topological polar surface area (TPSA) is 91.4 Å². The lowest BCUT2D eigenvalue weighted by Crippen LogP contribution is -2.34. The van der Waals surface area contributed by atoms with Crippen LogP contribution in [0, 0.1) is 0 Å². The molecule has 1 aliphatic heterocycles. The van der Waals surface area contributed by atoms with Crippen molar-refractivity contribution in [3.63, 3.8) is 0 Å². The molecule has 0 radical (unpaired) electrons. The van der Waals surface area contributed by atoms with E-state index >= 15 is 0 Å². The molecule has 1 atom stereocenters. The Morgan fingerprint density at radius 1 is 1.04 bits per heavy atom. The third-order valence-corrected chi connectivity index (χ3v) is 3.21. The zero-order chi connectivity index (χ0) is 17.1. The molecule has 0 bridgehead atoms. The normalized spacial score (nSPS) is 17.1. The van der Waals surface area contributed by atoms with E-state index in [2.05, 4.69) is 0 Å². The molecular weight excluding hydrogens is 306 g/mol. The van der Waals surface area contributed by atoms with Gasteiger partial charge in [-0.05, 0) is 6.42 Å². The molecule has 0 aromatic carbocycles. The maximum absolute atomic E-state index is 11.8. The molecule has 23 heavy (non-hydrogen) atoms. The largest absolute Gasteiger partial charge is 0.465 e. The Balaban J connectivity index is 2.28. The number of hydrogen-bond acceptors (Lipinski definition) is 8. The standard InChI is InChI=1S/C15H25NO7/c1-12(17)20-10-7-16(8-11-21-13(2)18)6-5-14(19)23-15-4-3-9-22-15/h15H,3-11H2,1-2H3. The molecule has 0 amide bonds. The highest BCUT2D eigenvalue weighted by Gasteiger charge is 2.20. The second-order valence-electron chi connectivity index (χ2n) is 5.20. The highest BCUT2D eigenvalue weighted by molar-refractivity contribution is 5.69. The van der Waals surface area contributed by atoms with Crippen molar-refractivity contribution in [1.29, 1.82) is 0 Å². The molecule has 8 heteroatoms. The van der Waals surface area contributed by atoms with E-state index in [4.69, 9.17) is 18.9 Å². The third kappa shape index (κ3) is 9.85. The number of hydrogen-bond donors (Lipinski definition) is 0. The lowest BCUT2D eigenvalue weighted by atomic mass is 10.3. The molecule has 1 saturated heterocycles. The van der Waals surface area contributed by atoms with Crippen LogP contribution in [0.25, 0.3) is 0 Å². The second-order valence-corrected chi connectivity index (χ2v) is 5.20. The van der Waals surface area contributed by atoms with E-state index in [1.807, 2.05) is 4.90 Å². The fourth-order valence-corrected chi connectivity index (χ4v) is 2.07. The molecule has 0 spiro atoms. The quantitative estimate of drug-likeness (QED) is 0.422. The maximum atomic E-state index is 11.8. The summed E-state index contributed by atoms with van der Waals surface area (Å²) in [6, 6.07) is 0. The first-order valence-corrected chi connectivity index (χ1v) is 7.77. The van der Waals surface area contributed by atoms with Crippen LogP contribution in [0.2, 0.25) is 0 Å². The Hall–Kier alpha value is -1.67. The molecule has 0 aliphatic carbocycles. The van der Waals surface area contributed by atoms with Crippen LogP contribution < -0.4 is 0 Å². The summed E-state index contributed by atoms with van der Waals surface area (Å²) in [5, 5.41) is 0. The first kappa shape index (κ1) is 19.4. The van der Waals surface area contributed by atoms with Gasteiger partial charge in [0.05, 0.1) is 13.0 Å². The zero-order valence-electron chi connectivity index (χ0n) is 13.7. The van der Waals surface area contributed by atoms with Crippen molar-refractivity contribution in [1.82, 2.24) is 4.90 Å². The molecule has 0 saturated carbocycles. The number of nitrogens with zero attached hydrogens (tertiary/aromatic N) is 1. The van der Waals surface area contributed by atoms with Crippen molar-refractivity contribution >= 4 is 17.9 Å². The van der Waals surface area contributed by atoms with Crippen LogP contribution in [0.4, 0.5) is 0 Å². The lowest BCUT2D eigenvalue weighted by Gasteiger charge is -2.21. The van der Waals surface area contributed by atoms with Crippen LogP contribution in [-0.4, -0.2) is 68.6 Å². The van der Waals surface area contributed by atoms with E-state index in [0.29, 0.717) is 26.2 Å². The summed E-state index contributed by atoms with van der Waals surface area (Å²) in [6.45, 7) is 5.06. The first-order valence-electron chi connectivity index (χ1n) is 7.77. The van der Waals surface area contributed by atoms with Gasteiger partial charge in [-0.3, -0.25) is 19.3 Å². The molecule has 132 valence electrons. The van der Waals surface area contributed by atoms with Crippen molar-refractivity contribution in [2.45, 2.75) is 39.4 Å². The fraction of sp³-hybridized carbons (Fsp3) is 0.800. The Morgan fingerprint density at radius 2 is 1.65 bits per heavy atom. The average molecular weight is 331 g/mol. The van der Waals surface area contributed by atoms with Gasteiger partial charge in [-0.15, -0.1) is 0 Å². The van der Waals surface area contributed by atoms with Crippen molar-refractivity contribution in [2.24, 2.45) is 0 Å². The minimum Gasteiger partial charge on any atom is -0.465 e. The van der Waals surface area contributed by atoms with Gasteiger partial charge in [0.15, 0.2) is 0 Å². The number of rotatable bonds is 10. The van der Waals surface area contributed by atoms with E-state index in [1.54, 1.807) is 0 Å². The highest BCUT2D eigenvalue weighted by Crippen LogP contribution is 2.13. The van der Waals surface area contributed by atoms with Gasteiger partial charge in [-0.1, -0.05) is 0 Å². The summed E-state index contributed by atoms with van der Waals surface area (Å²) in [4.78, 5) is 35.2. The summed E-state index contributed by atoms with van der Waals surface area (Å²) >= 11 is 0. The Bertz CT molecular complexity index is 373. The van der Waals surface area contributed by atoms with Crippen LogP contribution in [0.1, 0.15) is 33.1 Å². The van der Waals surface area contributed by atoms with Gasteiger partial charge in [-0.25, -0.2) is 0 Å². The minimum absolute atomic E-state index is 0.194. The van der Waals surface area contributed by atoms with Gasteiger partial charge >= 0.3 is 17.9 Å². The van der Waals surface area contributed by atoms with Crippen LogP contribution >= 0.6 is 0 Å². The van der Waals surface area contributed by atoms with E-state index in [1.165, 1.54) is 13.8 Å². The molecular formula is C15H25NO7. The van der Waals surface area contributed by atoms with E-state index in [-0.39, 0.29) is 37.5 Å². The molecule has 1 aliphatic rings. The Kier molecular flexibility index (Phi) is 9.23. The van der Waals surface area contributed by atoms with Crippen LogP contribution in [-0.2, 0) is 33.3 Å². The van der Waals surface area contributed by atoms with E-state index < -0.39 is 6.29 Å². The van der Waals surface area contributed by atoms with Gasteiger partial charge in [0.25, 0.3) is 0 Å². The van der Waals surface area contributed by atoms with Gasteiger partial charge in [0.2, 0.25) is 6.29 Å². The molecule has 0 aromatic rings. The number of esters is 3. The zero-order valence-corrected chi connectivity index (χ0v) is 13.7. The molecule has 1 rings (SSSR count). The summed E-state index contributed by atoms with van der Waals surface area (Å²) in [6.07, 6.45) is 1.39. The highest BCUT2D eigenvalue weighted by atomic mass is 16.7. The summed E-state index contributed by atoms with van der Waals surface area (Å²) < 4.78 is 20.2. The number of ether oxygens (including phenoxy) is 4. The molecule has 0 N–H and O–H groups in total. The second kappa shape index (κ2) is 11.0. The predicted octanol–water partition coefficient (Wildman–Crippen LogP) is 0.484. The summed E-state index contributed by atoms with van der Waals surface area (Å²) in [5.74, 6) is -1.05. The molecule has 8 nitrogen and oxygen atoms in total. The van der Waals surface area contributed by atoms with E-state index in [9.17, 15) is 14.4 Å². The Morgan fingerprint density at radius 3 is 2.13 bits per heavy atom. The average Bonchev–Trinajstić information content (AvgIpc) is 2.96. The third-order valence-electron chi connectivity index (χ3n) is 3.21. The minimum atomic E-state index is -0.432. The number of carbonyl (C=O) groups excluding carboxylic acids is 3. The van der Waals surface area contributed by atoms with Gasteiger partial charge in [0, 0.05) is 39.9 Å². The number of carbonyl (C=O) groups is 3. The monoisotopic (exact) mass is 331 g/mol. The molecule has 1 heterocycles. The first-order chi connectivity index (χ1) is 11.0. The van der Waals surface area contributed by atoms with Crippen LogP contribution in [0.5, 0.6) is 0 Å². The van der Waals surface area contributed by atoms with Crippen LogP contribution in [0.3, 0.4) is 0 Å². The van der Waals surface area contributed by atoms with E-state index in [0.717, 1.165) is 12.8 Å². The molecule has 0 aromatic heterocycles. The van der Waals surface area contributed by atoms with Crippen molar-refractivity contribution in [2.75, 3.05) is 39.5 Å². The van der Waals surface area contributed by atoms with Gasteiger partial charge in [0.1, 0.15) is 13.2 Å². The maximum Gasteiger partial charge on any atom is 0.309 e. The smallest absolute Gasteiger partial charge is 0.309 e. The van der Waals surface area contributed by atoms with Crippen molar-refractivity contribution in [3.8, 4) is 0 Å². The van der Waals surface area contributed by atoms with Crippen molar-refractivity contribution < 1.29 is 33.3 Å². The Labute approximate surface area is 136 Å².